The van der Waals surface area contributed by atoms with Gasteiger partial charge in [0.2, 0.25) is 0 Å². The van der Waals surface area contributed by atoms with Crippen molar-refractivity contribution in [3.05, 3.63) is 49.1 Å². The maximum Gasteiger partial charge on any atom is 0.158 e. The van der Waals surface area contributed by atoms with Gasteiger partial charge in [-0.25, -0.2) is 0 Å². The average Bonchev–Trinajstić information content (AvgIpc) is 2.35. The molecule has 3 nitrogen and oxygen atoms in total. The summed E-state index contributed by atoms with van der Waals surface area (Å²) in [6.07, 6.45) is 0. The molecule has 2 aromatic carbocycles. The van der Waals surface area contributed by atoms with Crippen molar-refractivity contribution in [3.63, 3.8) is 0 Å². The number of hydrogen-bond donors (Lipinski definition) is 2. The predicted molar refractivity (Wildman–Crippen MR) is 92.9 cm³/mol. The summed E-state index contributed by atoms with van der Waals surface area (Å²) in [6, 6.07) is 10.8. The molecule has 0 spiro atoms. The predicted octanol–water partition coefficient (Wildman–Crippen LogP) is 4.31. The van der Waals surface area contributed by atoms with Gasteiger partial charge in [-0.3, -0.25) is 0 Å². The zero-order valence-electron chi connectivity index (χ0n) is 10.5. The first-order valence-electron chi connectivity index (χ1n) is 5.41. The van der Waals surface area contributed by atoms with Crippen molar-refractivity contribution >= 4 is 45.2 Å². The van der Waals surface area contributed by atoms with Crippen molar-refractivity contribution in [1.29, 1.82) is 0 Å². The third-order valence-corrected chi connectivity index (χ3v) is 3.64. The molecule has 0 atom stereocenters. The van der Waals surface area contributed by atoms with Crippen LogP contribution in [0, 0.1) is 14.1 Å². The van der Waals surface area contributed by atoms with Crippen molar-refractivity contribution in [3.8, 4) is 17.2 Å². The molecular weight excluding hydrogens is 470 g/mol. The second kappa shape index (κ2) is 7.78. The smallest absolute Gasteiger partial charge is 0.158 e. The summed E-state index contributed by atoms with van der Waals surface area (Å²) in [6.45, 7) is 2.04. The number of phenols is 2. The van der Waals surface area contributed by atoms with Gasteiger partial charge in [0.25, 0.3) is 0 Å². The number of rotatable bonds is 1. The van der Waals surface area contributed by atoms with Crippen LogP contribution in [0.5, 0.6) is 17.2 Å². The molecule has 0 aliphatic heterocycles. The third-order valence-electron chi connectivity index (χ3n) is 2.29. The maximum atomic E-state index is 8.85. The lowest BCUT2D eigenvalue weighted by Crippen LogP contribution is -1.86. The van der Waals surface area contributed by atoms with E-state index in [2.05, 4.69) is 51.2 Å². The highest BCUT2D eigenvalue weighted by atomic mass is 127. The number of methoxy groups -OCH3 is 1. The SMILES string of the molecule is COc1ccc(I)cc1C.Oc1ccc(I)cc1O. The summed E-state index contributed by atoms with van der Waals surface area (Å²) >= 11 is 4.33. The second-order valence-corrected chi connectivity index (χ2v) is 6.24. The second-order valence-electron chi connectivity index (χ2n) is 3.75. The molecule has 0 heterocycles. The van der Waals surface area contributed by atoms with E-state index in [1.165, 1.54) is 21.3 Å². The molecule has 0 saturated carbocycles. The Labute approximate surface area is 139 Å². The van der Waals surface area contributed by atoms with E-state index in [-0.39, 0.29) is 11.5 Å². The Balaban J connectivity index is 0.000000191. The third kappa shape index (κ3) is 5.43. The van der Waals surface area contributed by atoms with E-state index in [4.69, 9.17) is 14.9 Å². The summed E-state index contributed by atoms with van der Waals surface area (Å²) < 4.78 is 7.25. The minimum atomic E-state index is -0.0737. The van der Waals surface area contributed by atoms with Crippen LogP contribution in [-0.2, 0) is 0 Å². The molecule has 2 rings (SSSR count). The number of halogens is 2. The van der Waals surface area contributed by atoms with Crippen molar-refractivity contribution in [1.82, 2.24) is 0 Å². The molecule has 0 saturated heterocycles. The van der Waals surface area contributed by atoms with Crippen LogP contribution in [0.4, 0.5) is 0 Å². The van der Waals surface area contributed by atoms with Gasteiger partial charge in [-0.15, -0.1) is 0 Å². The van der Waals surface area contributed by atoms with Crippen LogP contribution < -0.4 is 4.74 Å². The summed E-state index contributed by atoms with van der Waals surface area (Å²) in [5.74, 6) is 0.817. The normalized spacial score (nSPS) is 9.47. The largest absolute Gasteiger partial charge is 0.504 e. The highest BCUT2D eigenvalue weighted by Crippen LogP contribution is 2.25. The van der Waals surface area contributed by atoms with Crippen LogP contribution in [0.25, 0.3) is 0 Å². The lowest BCUT2D eigenvalue weighted by atomic mass is 10.2. The summed E-state index contributed by atoms with van der Waals surface area (Å²) in [7, 11) is 1.69. The quantitative estimate of drug-likeness (QED) is 0.469. The first kappa shape index (κ1) is 16.4. The lowest BCUT2D eigenvalue weighted by molar-refractivity contribution is 0.403. The first-order valence-corrected chi connectivity index (χ1v) is 7.57. The Kier molecular flexibility index (Phi) is 6.70. The van der Waals surface area contributed by atoms with Crippen molar-refractivity contribution in [2.75, 3.05) is 7.11 Å². The van der Waals surface area contributed by atoms with Crippen molar-refractivity contribution in [2.24, 2.45) is 0 Å². The number of benzene rings is 2. The van der Waals surface area contributed by atoms with E-state index < -0.39 is 0 Å². The van der Waals surface area contributed by atoms with Crippen LogP contribution in [0.15, 0.2) is 36.4 Å². The monoisotopic (exact) mass is 484 g/mol. The summed E-state index contributed by atoms with van der Waals surface area (Å²) in [4.78, 5) is 0. The molecule has 5 heteroatoms. The fourth-order valence-electron chi connectivity index (χ4n) is 1.34. The Morgan fingerprint density at radius 1 is 0.895 bits per heavy atom. The van der Waals surface area contributed by atoms with Gasteiger partial charge >= 0.3 is 0 Å². The molecule has 0 aliphatic rings. The Hall–Kier alpha value is -0.700. The minimum absolute atomic E-state index is 0.0677. The lowest BCUT2D eigenvalue weighted by Gasteiger charge is -2.02. The van der Waals surface area contributed by atoms with Crippen molar-refractivity contribution < 1.29 is 14.9 Å². The zero-order valence-corrected chi connectivity index (χ0v) is 14.8. The van der Waals surface area contributed by atoms with Gasteiger partial charge in [-0.1, -0.05) is 0 Å². The molecule has 0 bridgehead atoms. The van der Waals surface area contributed by atoms with E-state index in [1.54, 1.807) is 13.2 Å². The molecule has 2 N–H and O–H groups in total. The minimum Gasteiger partial charge on any atom is -0.504 e. The van der Waals surface area contributed by atoms with Crippen LogP contribution in [0.3, 0.4) is 0 Å². The number of hydrogen-bond acceptors (Lipinski definition) is 3. The zero-order chi connectivity index (χ0) is 14.4. The molecule has 0 aliphatic carbocycles. The van der Waals surface area contributed by atoms with E-state index in [9.17, 15) is 0 Å². The molecule has 0 fully saturated rings. The maximum absolute atomic E-state index is 8.85. The van der Waals surface area contributed by atoms with Crippen LogP contribution in [0.2, 0.25) is 0 Å². The molecular formula is C14H14I2O3. The fourth-order valence-corrected chi connectivity index (χ4v) is 2.46. The molecule has 19 heavy (non-hydrogen) atoms. The molecule has 0 unspecified atom stereocenters. The number of aryl methyl sites for hydroxylation is 1. The Morgan fingerprint density at radius 3 is 1.95 bits per heavy atom. The Morgan fingerprint density at radius 2 is 1.47 bits per heavy atom. The van der Waals surface area contributed by atoms with Gasteiger partial charge < -0.3 is 14.9 Å². The highest BCUT2D eigenvalue weighted by molar-refractivity contribution is 14.1. The van der Waals surface area contributed by atoms with Gasteiger partial charge in [0.15, 0.2) is 11.5 Å². The molecule has 0 radical (unpaired) electrons. The van der Waals surface area contributed by atoms with Gasteiger partial charge in [-0.2, -0.15) is 0 Å². The van der Waals surface area contributed by atoms with E-state index in [1.807, 2.05) is 19.1 Å². The number of aromatic hydroxyl groups is 2. The summed E-state index contributed by atoms with van der Waals surface area (Å²) in [5, 5.41) is 17.6. The van der Waals surface area contributed by atoms with E-state index >= 15 is 0 Å². The fraction of sp³-hybridized carbons (Fsp3) is 0.143. The Bertz CT molecular complexity index is 556. The van der Waals surface area contributed by atoms with Crippen LogP contribution in [0.1, 0.15) is 5.56 Å². The van der Waals surface area contributed by atoms with Crippen LogP contribution >= 0.6 is 45.2 Å². The van der Waals surface area contributed by atoms with Gasteiger partial charge in [0.05, 0.1) is 7.11 Å². The molecule has 0 aromatic heterocycles. The molecule has 102 valence electrons. The van der Waals surface area contributed by atoms with Crippen LogP contribution in [-0.4, -0.2) is 17.3 Å². The number of phenolic OH excluding ortho intramolecular Hbond substituents is 2. The van der Waals surface area contributed by atoms with Gasteiger partial charge in [-0.05, 0) is 94.1 Å². The van der Waals surface area contributed by atoms with E-state index in [0.717, 1.165) is 9.32 Å². The number of ether oxygens (including phenoxy) is 1. The highest BCUT2D eigenvalue weighted by Gasteiger charge is 1.96. The van der Waals surface area contributed by atoms with Gasteiger partial charge in [0, 0.05) is 7.14 Å². The van der Waals surface area contributed by atoms with Gasteiger partial charge in [0.1, 0.15) is 5.75 Å². The standard InChI is InChI=1S/C8H9IO.C6H5IO2/c1-6-5-7(9)3-4-8(6)10-2;7-4-1-2-5(8)6(9)3-4/h3-5H,1-2H3;1-3,8-9H. The molecule has 0 amide bonds. The topological polar surface area (TPSA) is 49.7 Å². The summed E-state index contributed by atoms with van der Waals surface area (Å²) in [5.41, 5.74) is 1.19. The molecule has 2 aromatic rings. The average molecular weight is 484 g/mol. The van der Waals surface area contributed by atoms with E-state index in [0.29, 0.717) is 0 Å². The van der Waals surface area contributed by atoms with Crippen molar-refractivity contribution in [2.45, 2.75) is 6.92 Å². The first-order chi connectivity index (χ1) is 8.93.